The molecule has 0 spiro atoms. The number of non-ortho nitro benzene ring substituents is 1. The van der Waals surface area contributed by atoms with Gasteiger partial charge < -0.3 is 10.1 Å². The maximum atomic E-state index is 11.3. The van der Waals surface area contributed by atoms with Crippen LogP contribution in [-0.4, -0.2) is 24.0 Å². The second kappa shape index (κ2) is 7.48. The zero-order chi connectivity index (χ0) is 14.3. The summed E-state index contributed by atoms with van der Waals surface area (Å²) in [4.78, 5) is 21.6. The van der Waals surface area contributed by atoms with E-state index in [-0.39, 0.29) is 24.2 Å². The monoisotopic (exact) mass is 266 g/mol. The second-order valence-electron chi connectivity index (χ2n) is 4.00. The minimum absolute atomic E-state index is 0.0499. The molecule has 0 amide bonds. The third-order valence-corrected chi connectivity index (χ3v) is 2.69. The van der Waals surface area contributed by atoms with Gasteiger partial charge in [0.2, 0.25) is 0 Å². The lowest BCUT2D eigenvalue weighted by molar-refractivity contribution is -0.384. The van der Waals surface area contributed by atoms with Crippen molar-refractivity contribution in [2.45, 2.75) is 26.3 Å². The number of nitrogens with one attached hydrogen (secondary N) is 1. The van der Waals surface area contributed by atoms with Crippen LogP contribution in [0.2, 0.25) is 0 Å². The molecule has 0 fully saturated rings. The average molecular weight is 266 g/mol. The Morgan fingerprint density at radius 2 is 2.21 bits per heavy atom. The van der Waals surface area contributed by atoms with Crippen molar-refractivity contribution >= 4 is 11.7 Å². The Morgan fingerprint density at radius 1 is 1.47 bits per heavy atom. The van der Waals surface area contributed by atoms with E-state index in [4.69, 9.17) is 4.74 Å². The molecule has 1 aromatic carbocycles. The molecule has 1 atom stereocenters. The van der Waals surface area contributed by atoms with E-state index in [0.29, 0.717) is 6.61 Å². The van der Waals surface area contributed by atoms with E-state index in [1.165, 1.54) is 12.1 Å². The predicted octanol–water partition coefficient (Wildman–Crippen LogP) is 2.20. The van der Waals surface area contributed by atoms with Crippen LogP contribution in [-0.2, 0) is 9.53 Å². The maximum Gasteiger partial charge on any atom is 0.319 e. The molecule has 1 unspecified atom stereocenters. The van der Waals surface area contributed by atoms with Gasteiger partial charge >= 0.3 is 5.97 Å². The van der Waals surface area contributed by atoms with E-state index >= 15 is 0 Å². The number of nitro benzene ring substituents is 1. The standard InChI is InChI=1S/C13H18N2O4/c1-3-12(14-9-13(16)19-4-2)10-6-5-7-11(8-10)15(17)18/h5-8,12,14H,3-4,9H2,1-2H3. The maximum absolute atomic E-state index is 11.3. The van der Waals surface area contributed by atoms with E-state index in [0.717, 1.165) is 12.0 Å². The van der Waals surface area contributed by atoms with Crippen LogP contribution in [0, 0.1) is 10.1 Å². The van der Waals surface area contributed by atoms with Crippen molar-refractivity contribution < 1.29 is 14.5 Å². The fourth-order valence-electron chi connectivity index (χ4n) is 1.77. The van der Waals surface area contributed by atoms with Crippen molar-refractivity contribution in [1.82, 2.24) is 5.32 Å². The number of ether oxygens (including phenoxy) is 1. The number of rotatable bonds is 7. The van der Waals surface area contributed by atoms with E-state index in [2.05, 4.69) is 5.32 Å². The molecule has 6 nitrogen and oxygen atoms in total. The lowest BCUT2D eigenvalue weighted by Crippen LogP contribution is -2.28. The van der Waals surface area contributed by atoms with Gasteiger partial charge in [0, 0.05) is 18.2 Å². The Balaban J connectivity index is 2.71. The second-order valence-corrected chi connectivity index (χ2v) is 4.00. The van der Waals surface area contributed by atoms with Gasteiger partial charge in [0.15, 0.2) is 0 Å². The number of hydrogen-bond acceptors (Lipinski definition) is 5. The first-order chi connectivity index (χ1) is 9.08. The molecule has 6 heteroatoms. The van der Waals surface area contributed by atoms with Crippen LogP contribution in [0.5, 0.6) is 0 Å². The summed E-state index contributed by atoms with van der Waals surface area (Å²) in [5.74, 6) is -0.327. The smallest absolute Gasteiger partial charge is 0.319 e. The number of benzene rings is 1. The highest BCUT2D eigenvalue weighted by Crippen LogP contribution is 2.21. The minimum atomic E-state index is -0.429. The fraction of sp³-hybridized carbons (Fsp3) is 0.462. The Morgan fingerprint density at radius 3 is 2.79 bits per heavy atom. The van der Waals surface area contributed by atoms with Gasteiger partial charge in [-0.1, -0.05) is 19.1 Å². The molecular formula is C13H18N2O4. The van der Waals surface area contributed by atoms with E-state index in [9.17, 15) is 14.9 Å². The highest BCUT2D eigenvalue weighted by molar-refractivity contribution is 5.71. The quantitative estimate of drug-likeness (QED) is 0.465. The Labute approximate surface area is 111 Å². The van der Waals surface area contributed by atoms with Crippen LogP contribution < -0.4 is 5.32 Å². The molecule has 1 rings (SSSR count). The van der Waals surface area contributed by atoms with Gasteiger partial charge in [0.05, 0.1) is 18.1 Å². The minimum Gasteiger partial charge on any atom is -0.465 e. The summed E-state index contributed by atoms with van der Waals surface area (Å²) in [6.45, 7) is 4.13. The van der Waals surface area contributed by atoms with Gasteiger partial charge in [-0.15, -0.1) is 0 Å². The van der Waals surface area contributed by atoms with Gasteiger partial charge in [-0.05, 0) is 18.9 Å². The molecule has 0 aliphatic carbocycles. The van der Waals surface area contributed by atoms with Crippen LogP contribution >= 0.6 is 0 Å². The van der Waals surface area contributed by atoms with Crippen LogP contribution in [0.4, 0.5) is 5.69 Å². The predicted molar refractivity (Wildman–Crippen MR) is 70.8 cm³/mol. The molecule has 0 heterocycles. The van der Waals surface area contributed by atoms with Crippen molar-refractivity contribution in [2.75, 3.05) is 13.2 Å². The highest BCUT2D eigenvalue weighted by atomic mass is 16.6. The number of nitrogens with zero attached hydrogens (tertiary/aromatic N) is 1. The van der Waals surface area contributed by atoms with Gasteiger partial charge in [0.1, 0.15) is 0 Å². The van der Waals surface area contributed by atoms with Crippen molar-refractivity contribution in [3.8, 4) is 0 Å². The molecule has 0 bridgehead atoms. The highest BCUT2D eigenvalue weighted by Gasteiger charge is 2.14. The third kappa shape index (κ3) is 4.67. The normalized spacial score (nSPS) is 11.9. The van der Waals surface area contributed by atoms with E-state index < -0.39 is 4.92 Å². The first kappa shape index (κ1) is 15.1. The van der Waals surface area contributed by atoms with Gasteiger partial charge in [-0.25, -0.2) is 0 Å². The molecular weight excluding hydrogens is 248 g/mol. The van der Waals surface area contributed by atoms with Crippen LogP contribution in [0.25, 0.3) is 0 Å². The van der Waals surface area contributed by atoms with Gasteiger partial charge in [-0.3, -0.25) is 14.9 Å². The van der Waals surface area contributed by atoms with Crippen molar-refractivity contribution in [3.05, 3.63) is 39.9 Å². The Hall–Kier alpha value is -1.95. The molecule has 104 valence electrons. The summed E-state index contributed by atoms with van der Waals surface area (Å²) in [6, 6.07) is 6.30. The molecule has 19 heavy (non-hydrogen) atoms. The molecule has 0 aliphatic rings. The van der Waals surface area contributed by atoms with Crippen LogP contribution in [0.1, 0.15) is 31.9 Å². The Bertz CT molecular complexity index is 448. The largest absolute Gasteiger partial charge is 0.465 e. The van der Waals surface area contributed by atoms with E-state index in [1.54, 1.807) is 19.1 Å². The fourth-order valence-corrected chi connectivity index (χ4v) is 1.77. The summed E-state index contributed by atoms with van der Waals surface area (Å²) in [5.41, 5.74) is 0.842. The van der Waals surface area contributed by atoms with Gasteiger partial charge in [0.25, 0.3) is 5.69 Å². The summed E-state index contributed by atoms with van der Waals surface area (Å²) >= 11 is 0. The molecule has 0 aliphatic heterocycles. The molecule has 0 aromatic heterocycles. The first-order valence-corrected chi connectivity index (χ1v) is 6.21. The third-order valence-electron chi connectivity index (χ3n) is 2.69. The van der Waals surface area contributed by atoms with Crippen molar-refractivity contribution in [3.63, 3.8) is 0 Å². The molecule has 1 N–H and O–H groups in total. The Kier molecular flexibility index (Phi) is 5.95. The molecule has 0 radical (unpaired) electrons. The number of carbonyl (C=O) groups excluding carboxylic acids is 1. The molecule has 1 aromatic rings. The lowest BCUT2D eigenvalue weighted by Gasteiger charge is -2.16. The molecule has 0 saturated heterocycles. The van der Waals surface area contributed by atoms with Crippen LogP contribution in [0.15, 0.2) is 24.3 Å². The zero-order valence-electron chi connectivity index (χ0n) is 11.1. The number of nitro groups is 1. The summed E-state index contributed by atoms with van der Waals surface area (Å²) in [7, 11) is 0. The lowest BCUT2D eigenvalue weighted by atomic mass is 10.0. The SMILES string of the molecule is CCOC(=O)CNC(CC)c1cccc([N+](=O)[O-])c1. The van der Waals surface area contributed by atoms with Crippen molar-refractivity contribution in [2.24, 2.45) is 0 Å². The van der Waals surface area contributed by atoms with Gasteiger partial charge in [-0.2, -0.15) is 0 Å². The summed E-state index contributed by atoms with van der Waals surface area (Å²) in [5, 5.41) is 13.8. The number of esters is 1. The summed E-state index contributed by atoms with van der Waals surface area (Å²) in [6.07, 6.45) is 0.723. The number of hydrogen-bond donors (Lipinski definition) is 1. The first-order valence-electron chi connectivity index (χ1n) is 6.21. The van der Waals surface area contributed by atoms with Crippen molar-refractivity contribution in [1.29, 1.82) is 0 Å². The molecule has 0 saturated carbocycles. The average Bonchev–Trinajstić information content (AvgIpc) is 2.40. The number of carbonyl (C=O) groups is 1. The van der Waals surface area contributed by atoms with Crippen LogP contribution in [0.3, 0.4) is 0 Å². The van der Waals surface area contributed by atoms with E-state index in [1.807, 2.05) is 6.92 Å². The zero-order valence-corrected chi connectivity index (χ0v) is 11.1. The summed E-state index contributed by atoms with van der Waals surface area (Å²) < 4.78 is 4.82. The topological polar surface area (TPSA) is 81.5 Å².